The number of halogens is 1. The zero-order chi connectivity index (χ0) is 28.1. The molecule has 0 saturated carbocycles. The van der Waals surface area contributed by atoms with E-state index in [1.807, 2.05) is 41.3 Å². The van der Waals surface area contributed by atoms with Gasteiger partial charge in [0.2, 0.25) is 5.91 Å². The van der Waals surface area contributed by atoms with Gasteiger partial charge in [-0.05, 0) is 84.3 Å². The van der Waals surface area contributed by atoms with Crippen LogP contribution in [-0.4, -0.2) is 80.7 Å². The molecule has 212 valence electrons. The Morgan fingerprint density at radius 3 is 2.65 bits per heavy atom. The third-order valence-corrected chi connectivity index (χ3v) is 8.05. The van der Waals surface area contributed by atoms with Gasteiger partial charge in [0, 0.05) is 51.4 Å². The summed E-state index contributed by atoms with van der Waals surface area (Å²) in [6.45, 7) is 5.63. The second-order valence-electron chi connectivity index (χ2n) is 11.0. The van der Waals surface area contributed by atoms with Gasteiger partial charge >= 0.3 is 6.03 Å². The number of anilines is 1. The van der Waals surface area contributed by atoms with Gasteiger partial charge in [-0.2, -0.15) is 0 Å². The largest absolute Gasteiger partial charge is 0.341 e. The Labute approximate surface area is 233 Å². The SMILES string of the molecule is CC(=O)N1CC[C@@H](CN2CCC[C@@H](Cc3ccc(F)cc3)C2)[C@@H](NC(=O)Nc2cccc(-c3nnnn3C)c2)C1. The smallest absolute Gasteiger partial charge is 0.319 e. The Bertz CT molecular complexity index is 1310. The van der Waals surface area contributed by atoms with Gasteiger partial charge in [-0.15, -0.1) is 5.10 Å². The average Bonchev–Trinajstić information content (AvgIpc) is 3.37. The van der Waals surface area contributed by atoms with Crippen LogP contribution in [-0.2, 0) is 18.3 Å². The van der Waals surface area contributed by atoms with Crippen LogP contribution in [0.3, 0.4) is 0 Å². The van der Waals surface area contributed by atoms with Crippen LogP contribution < -0.4 is 10.6 Å². The van der Waals surface area contributed by atoms with Gasteiger partial charge in [-0.3, -0.25) is 4.79 Å². The van der Waals surface area contributed by atoms with E-state index in [-0.39, 0.29) is 29.7 Å². The number of urea groups is 1. The molecule has 1 aromatic heterocycles. The molecule has 2 aliphatic heterocycles. The first-order valence-electron chi connectivity index (χ1n) is 14.0. The Morgan fingerprint density at radius 1 is 1.07 bits per heavy atom. The summed E-state index contributed by atoms with van der Waals surface area (Å²) >= 11 is 0. The lowest BCUT2D eigenvalue weighted by Gasteiger charge is -2.42. The number of nitrogens with one attached hydrogen (secondary N) is 2. The third-order valence-electron chi connectivity index (χ3n) is 8.05. The van der Waals surface area contributed by atoms with Crippen molar-refractivity contribution in [2.24, 2.45) is 18.9 Å². The lowest BCUT2D eigenvalue weighted by molar-refractivity contribution is -0.130. The van der Waals surface area contributed by atoms with Crippen LogP contribution in [0.4, 0.5) is 14.9 Å². The molecule has 0 bridgehead atoms. The van der Waals surface area contributed by atoms with Crippen LogP contribution in [0.1, 0.15) is 31.7 Å². The molecular weight excluding hydrogens is 511 g/mol. The van der Waals surface area contributed by atoms with E-state index in [9.17, 15) is 14.0 Å². The quantitative estimate of drug-likeness (QED) is 0.469. The van der Waals surface area contributed by atoms with E-state index < -0.39 is 0 Å². The number of piperidine rings is 2. The molecule has 3 aromatic rings. The van der Waals surface area contributed by atoms with E-state index in [1.54, 1.807) is 18.7 Å². The molecule has 3 heterocycles. The van der Waals surface area contributed by atoms with Gasteiger partial charge in [0.15, 0.2) is 5.82 Å². The molecule has 40 heavy (non-hydrogen) atoms. The number of aromatic nitrogens is 4. The van der Waals surface area contributed by atoms with Crippen molar-refractivity contribution < 1.29 is 14.0 Å². The molecule has 10 nitrogen and oxygen atoms in total. The fourth-order valence-corrected chi connectivity index (χ4v) is 5.98. The maximum Gasteiger partial charge on any atom is 0.319 e. The van der Waals surface area contributed by atoms with E-state index in [4.69, 9.17) is 0 Å². The van der Waals surface area contributed by atoms with Gasteiger partial charge in [0.25, 0.3) is 0 Å². The highest BCUT2D eigenvalue weighted by molar-refractivity contribution is 5.90. The first-order chi connectivity index (χ1) is 19.3. The minimum atomic E-state index is -0.304. The standard InChI is InChI=1S/C29H37FN8O2/c1-20(39)38-14-12-24(18-37-13-4-5-22(17-37)15-21-8-10-25(30)11-9-21)27(19-38)32-29(40)31-26-7-3-6-23(16-26)28-33-34-35-36(28)2/h3,6-11,16,22,24,27H,4-5,12-15,17-19H2,1-2H3,(H2,31,32,40)/t22-,24-,27-/m0/s1. The van der Waals surface area contributed by atoms with Gasteiger partial charge in [-0.25, -0.2) is 13.9 Å². The number of hydrogen-bond donors (Lipinski definition) is 2. The van der Waals surface area contributed by atoms with Crippen LogP contribution in [0, 0.1) is 17.7 Å². The molecule has 11 heteroatoms. The Kier molecular flexibility index (Phi) is 8.69. The minimum absolute atomic E-state index is 0.0213. The maximum atomic E-state index is 13.3. The fourth-order valence-electron chi connectivity index (χ4n) is 5.98. The summed E-state index contributed by atoms with van der Waals surface area (Å²) in [4.78, 5) is 29.6. The minimum Gasteiger partial charge on any atom is -0.341 e. The summed E-state index contributed by atoms with van der Waals surface area (Å²) < 4.78 is 14.9. The van der Waals surface area contributed by atoms with E-state index in [2.05, 4.69) is 31.1 Å². The number of carbonyl (C=O) groups excluding carboxylic acids is 2. The summed E-state index contributed by atoms with van der Waals surface area (Å²) in [5.41, 5.74) is 2.59. The van der Waals surface area contributed by atoms with Gasteiger partial charge in [-0.1, -0.05) is 24.3 Å². The molecule has 2 fully saturated rings. The lowest BCUT2D eigenvalue weighted by Crippen LogP contribution is -2.57. The summed E-state index contributed by atoms with van der Waals surface area (Å²) in [6.07, 6.45) is 4.05. The molecule has 2 saturated heterocycles. The van der Waals surface area contributed by atoms with Crippen molar-refractivity contribution >= 4 is 17.6 Å². The van der Waals surface area contributed by atoms with E-state index in [1.165, 1.54) is 17.7 Å². The van der Waals surface area contributed by atoms with Crippen LogP contribution in [0.5, 0.6) is 0 Å². The molecule has 2 aromatic carbocycles. The number of likely N-dealkylation sites (tertiary alicyclic amines) is 2. The van der Waals surface area contributed by atoms with Crippen molar-refractivity contribution in [2.75, 3.05) is 38.0 Å². The van der Waals surface area contributed by atoms with Crippen molar-refractivity contribution in [3.8, 4) is 11.4 Å². The van der Waals surface area contributed by atoms with Crippen LogP contribution in [0.2, 0.25) is 0 Å². The number of benzene rings is 2. The number of amides is 3. The zero-order valence-electron chi connectivity index (χ0n) is 23.1. The highest BCUT2D eigenvalue weighted by Gasteiger charge is 2.34. The van der Waals surface area contributed by atoms with Gasteiger partial charge in [0.05, 0.1) is 6.04 Å². The second kappa shape index (κ2) is 12.5. The number of tetrazole rings is 1. The van der Waals surface area contributed by atoms with E-state index >= 15 is 0 Å². The monoisotopic (exact) mass is 548 g/mol. The first-order valence-corrected chi connectivity index (χ1v) is 14.0. The van der Waals surface area contributed by atoms with Crippen molar-refractivity contribution in [1.29, 1.82) is 0 Å². The molecule has 0 spiro atoms. The molecule has 0 unspecified atom stereocenters. The fraction of sp³-hybridized carbons (Fsp3) is 0.483. The van der Waals surface area contributed by atoms with E-state index in [0.717, 1.165) is 50.9 Å². The summed E-state index contributed by atoms with van der Waals surface area (Å²) in [7, 11) is 1.76. The predicted octanol–water partition coefficient (Wildman–Crippen LogP) is 3.33. The van der Waals surface area contributed by atoms with Crippen molar-refractivity contribution in [3.05, 3.63) is 59.9 Å². The number of carbonyl (C=O) groups is 2. The number of nitrogens with zero attached hydrogens (tertiary/aromatic N) is 6. The first kappa shape index (κ1) is 27.7. The molecular formula is C29H37FN8O2. The molecule has 5 rings (SSSR count). The highest BCUT2D eigenvalue weighted by atomic mass is 19.1. The zero-order valence-corrected chi connectivity index (χ0v) is 23.1. The van der Waals surface area contributed by atoms with Gasteiger partial charge < -0.3 is 20.4 Å². The molecule has 0 aliphatic carbocycles. The normalized spacial score (nSPS) is 21.7. The lowest BCUT2D eigenvalue weighted by atomic mass is 9.87. The summed E-state index contributed by atoms with van der Waals surface area (Å²) in [5.74, 6) is 1.16. The molecule has 3 atom stereocenters. The number of aryl methyl sites for hydroxylation is 1. The number of hydrogen-bond acceptors (Lipinski definition) is 6. The Hall–Kier alpha value is -3.86. The third kappa shape index (κ3) is 7.01. The summed E-state index contributed by atoms with van der Waals surface area (Å²) in [6, 6.07) is 13.7. The maximum absolute atomic E-state index is 13.3. The van der Waals surface area contributed by atoms with Crippen LogP contribution in [0.15, 0.2) is 48.5 Å². The Balaban J connectivity index is 1.21. The van der Waals surface area contributed by atoms with Crippen molar-refractivity contribution in [3.63, 3.8) is 0 Å². The van der Waals surface area contributed by atoms with Gasteiger partial charge in [0.1, 0.15) is 5.82 Å². The van der Waals surface area contributed by atoms with E-state index in [0.29, 0.717) is 30.5 Å². The molecule has 3 amide bonds. The van der Waals surface area contributed by atoms with Crippen LogP contribution >= 0.6 is 0 Å². The number of rotatable bonds is 7. The second-order valence-corrected chi connectivity index (χ2v) is 11.0. The Morgan fingerprint density at radius 2 is 1.90 bits per heavy atom. The average molecular weight is 549 g/mol. The molecule has 0 radical (unpaired) electrons. The summed E-state index contributed by atoms with van der Waals surface area (Å²) in [5, 5.41) is 17.7. The predicted molar refractivity (Wildman–Crippen MR) is 150 cm³/mol. The van der Waals surface area contributed by atoms with Crippen LogP contribution in [0.25, 0.3) is 11.4 Å². The highest BCUT2D eigenvalue weighted by Crippen LogP contribution is 2.26. The molecule has 2 N–H and O–H groups in total. The van der Waals surface area contributed by atoms with Crippen molar-refractivity contribution in [1.82, 2.24) is 35.3 Å². The molecule has 2 aliphatic rings. The van der Waals surface area contributed by atoms with Crippen molar-refractivity contribution in [2.45, 2.75) is 38.6 Å². The topological polar surface area (TPSA) is 108 Å².